The Morgan fingerprint density at radius 1 is 1.20 bits per heavy atom. The number of rotatable bonds is 5. The molecule has 0 bridgehead atoms. The predicted molar refractivity (Wildman–Crippen MR) is 81.1 cm³/mol. The number of nitrogens with zero attached hydrogens (tertiary/aromatic N) is 2. The number of fused-ring (bicyclic) bond motifs is 1. The van der Waals surface area contributed by atoms with Gasteiger partial charge in [0.15, 0.2) is 0 Å². The Kier molecular flexibility index (Phi) is 3.68. The van der Waals surface area contributed by atoms with Crippen molar-refractivity contribution < 1.29 is 4.74 Å². The molecular formula is C17H18N2O. The Morgan fingerprint density at radius 3 is 2.95 bits per heavy atom. The van der Waals surface area contributed by atoms with Gasteiger partial charge in [0, 0.05) is 36.0 Å². The van der Waals surface area contributed by atoms with Crippen molar-refractivity contribution in [1.29, 1.82) is 0 Å². The standard InChI is InChI=1S/C17H18N2O/c1-2-10-20-16-5-6-17-15(11-16)7-9-19(17)13-14-4-3-8-18-12-14/h3-9,11-12H,2,10,13H2,1H3. The largest absolute Gasteiger partial charge is 0.494 e. The fourth-order valence-corrected chi connectivity index (χ4v) is 2.31. The molecule has 0 aliphatic rings. The van der Waals surface area contributed by atoms with Gasteiger partial charge in [-0.1, -0.05) is 13.0 Å². The summed E-state index contributed by atoms with van der Waals surface area (Å²) < 4.78 is 7.90. The third kappa shape index (κ3) is 2.67. The van der Waals surface area contributed by atoms with Gasteiger partial charge in [0.1, 0.15) is 5.75 Å². The van der Waals surface area contributed by atoms with E-state index in [1.807, 2.05) is 18.3 Å². The maximum atomic E-state index is 5.67. The van der Waals surface area contributed by atoms with E-state index < -0.39 is 0 Å². The maximum absolute atomic E-state index is 5.67. The molecule has 3 nitrogen and oxygen atoms in total. The Balaban J connectivity index is 1.86. The number of pyridine rings is 1. The number of benzene rings is 1. The van der Waals surface area contributed by atoms with Crippen LogP contribution in [-0.4, -0.2) is 16.2 Å². The summed E-state index contributed by atoms with van der Waals surface area (Å²) in [4.78, 5) is 4.16. The molecule has 0 amide bonds. The minimum Gasteiger partial charge on any atom is -0.494 e. The summed E-state index contributed by atoms with van der Waals surface area (Å²) in [5.41, 5.74) is 2.43. The molecule has 0 aliphatic heterocycles. The van der Waals surface area contributed by atoms with Gasteiger partial charge < -0.3 is 9.30 Å². The fourth-order valence-electron chi connectivity index (χ4n) is 2.31. The van der Waals surface area contributed by atoms with E-state index in [0.29, 0.717) is 0 Å². The van der Waals surface area contributed by atoms with Crippen LogP contribution in [0.3, 0.4) is 0 Å². The van der Waals surface area contributed by atoms with Gasteiger partial charge in [-0.3, -0.25) is 4.98 Å². The molecule has 3 rings (SSSR count). The zero-order chi connectivity index (χ0) is 13.8. The second kappa shape index (κ2) is 5.78. The molecule has 0 unspecified atom stereocenters. The summed E-state index contributed by atoms with van der Waals surface area (Å²) in [6, 6.07) is 12.5. The van der Waals surface area contributed by atoms with Crippen LogP contribution in [0.2, 0.25) is 0 Å². The van der Waals surface area contributed by atoms with E-state index in [1.165, 1.54) is 16.5 Å². The maximum Gasteiger partial charge on any atom is 0.120 e. The van der Waals surface area contributed by atoms with Crippen LogP contribution in [0.4, 0.5) is 0 Å². The van der Waals surface area contributed by atoms with Gasteiger partial charge >= 0.3 is 0 Å². The highest BCUT2D eigenvalue weighted by molar-refractivity contribution is 5.81. The van der Waals surface area contributed by atoms with Gasteiger partial charge in [-0.2, -0.15) is 0 Å². The first-order valence-corrected chi connectivity index (χ1v) is 6.97. The van der Waals surface area contributed by atoms with E-state index in [0.717, 1.165) is 25.3 Å². The molecule has 0 atom stereocenters. The molecule has 0 radical (unpaired) electrons. The zero-order valence-corrected chi connectivity index (χ0v) is 11.6. The van der Waals surface area contributed by atoms with Crippen LogP contribution in [0.15, 0.2) is 55.0 Å². The summed E-state index contributed by atoms with van der Waals surface area (Å²) in [5.74, 6) is 0.943. The summed E-state index contributed by atoms with van der Waals surface area (Å²) in [5, 5.41) is 1.21. The van der Waals surface area contributed by atoms with Crippen LogP contribution in [-0.2, 0) is 6.54 Å². The lowest BCUT2D eigenvalue weighted by atomic mass is 10.2. The molecule has 0 saturated carbocycles. The molecule has 3 aromatic rings. The Labute approximate surface area is 118 Å². The number of hydrogen-bond acceptors (Lipinski definition) is 2. The van der Waals surface area contributed by atoms with E-state index in [4.69, 9.17) is 4.74 Å². The summed E-state index contributed by atoms with van der Waals surface area (Å²) in [6.07, 6.45) is 6.85. The molecule has 3 heteroatoms. The molecule has 0 aliphatic carbocycles. The molecular weight excluding hydrogens is 248 g/mol. The van der Waals surface area contributed by atoms with E-state index >= 15 is 0 Å². The van der Waals surface area contributed by atoms with Crippen molar-refractivity contribution in [1.82, 2.24) is 9.55 Å². The minimum atomic E-state index is 0.766. The van der Waals surface area contributed by atoms with Crippen molar-refractivity contribution in [2.24, 2.45) is 0 Å². The van der Waals surface area contributed by atoms with Gasteiger partial charge in [-0.05, 0) is 42.3 Å². The highest BCUT2D eigenvalue weighted by Crippen LogP contribution is 2.22. The van der Waals surface area contributed by atoms with Crippen LogP contribution in [0.25, 0.3) is 10.9 Å². The lowest BCUT2D eigenvalue weighted by Crippen LogP contribution is -1.98. The fraction of sp³-hybridized carbons (Fsp3) is 0.235. The number of ether oxygens (including phenoxy) is 1. The van der Waals surface area contributed by atoms with Crippen molar-refractivity contribution in [2.75, 3.05) is 6.61 Å². The molecule has 2 heterocycles. The Morgan fingerprint density at radius 2 is 2.15 bits per heavy atom. The Hall–Kier alpha value is -2.29. The van der Waals surface area contributed by atoms with E-state index in [2.05, 4.69) is 46.9 Å². The van der Waals surface area contributed by atoms with Crippen molar-refractivity contribution in [3.05, 3.63) is 60.6 Å². The minimum absolute atomic E-state index is 0.766. The zero-order valence-electron chi connectivity index (χ0n) is 11.6. The second-order valence-electron chi connectivity index (χ2n) is 4.87. The SMILES string of the molecule is CCCOc1ccc2c(ccn2Cc2cccnc2)c1. The average Bonchev–Trinajstić information content (AvgIpc) is 2.89. The van der Waals surface area contributed by atoms with Gasteiger partial charge in [0.25, 0.3) is 0 Å². The highest BCUT2D eigenvalue weighted by Gasteiger charge is 2.03. The van der Waals surface area contributed by atoms with Crippen LogP contribution >= 0.6 is 0 Å². The van der Waals surface area contributed by atoms with Gasteiger partial charge in [0.2, 0.25) is 0 Å². The summed E-state index contributed by atoms with van der Waals surface area (Å²) in [6.45, 7) is 3.72. The number of hydrogen-bond donors (Lipinski definition) is 0. The molecule has 102 valence electrons. The van der Waals surface area contributed by atoms with Gasteiger partial charge in [-0.15, -0.1) is 0 Å². The van der Waals surface area contributed by atoms with Crippen LogP contribution < -0.4 is 4.74 Å². The van der Waals surface area contributed by atoms with Crippen LogP contribution in [0, 0.1) is 0 Å². The van der Waals surface area contributed by atoms with Crippen molar-refractivity contribution in [3.8, 4) is 5.75 Å². The third-order valence-corrected chi connectivity index (χ3v) is 3.29. The lowest BCUT2D eigenvalue weighted by molar-refractivity contribution is 0.318. The highest BCUT2D eigenvalue weighted by atomic mass is 16.5. The second-order valence-corrected chi connectivity index (χ2v) is 4.87. The van der Waals surface area contributed by atoms with Crippen molar-refractivity contribution in [2.45, 2.75) is 19.9 Å². The average molecular weight is 266 g/mol. The first kappa shape index (κ1) is 12.7. The molecule has 0 spiro atoms. The molecule has 0 fully saturated rings. The topological polar surface area (TPSA) is 27.1 Å². The normalized spacial score (nSPS) is 10.8. The van der Waals surface area contributed by atoms with E-state index in [-0.39, 0.29) is 0 Å². The predicted octanol–water partition coefficient (Wildman–Crippen LogP) is 3.87. The quantitative estimate of drug-likeness (QED) is 0.701. The van der Waals surface area contributed by atoms with E-state index in [9.17, 15) is 0 Å². The van der Waals surface area contributed by atoms with Crippen molar-refractivity contribution >= 4 is 10.9 Å². The van der Waals surface area contributed by atoms with Crippen LogP contribution in [0.1, 0.15) is 18.9 Å². The first-order chi connectivity index (χ1) is 9.86. The summed E-state index contributed by atoms with van der Waals surface area (Å²) in [7, 11) is 0. The van der Waals surface area contributed by atoms with Gasteiger partial charge in [0.05, 0.1) is 6.61 Å². The lowest BCUT2D eigenvalue weighted by Gasteiger charge is -2.07. The van der Waals surface area contributed by atoms with Gasteiger partial charge in [-0.25, -0.2) is 0 Å². The summed E-state index contributed by atoms with van der Waals surface area (Å²) >= 11 is 0. The Bertz CT molecular complexity index is 689. The number of aromatic nitrogens is 2. The van der Waals surface area contributed by atoms with Crippen molar-refractivity contribution in [3.63, 3.8) is 0 Å². The first-order valence-electron chi connectivity index (χ1n) is 6.97. The molecule has 0 N–H and O–H groups in total. The molecule has 2 aromatic heterocycles. The molecule has 20 heavy (non-hydrogen) atoms. The molecule has 1 aromatic carbocycles. The smallest absolute Gasteiger partial charge is 0.120 e. The van der Waals surface area contributed by atoms with E-state index in [1.54, 1.807) is 6.20 Å². The van der Waals surface area contributed by atoms with Crippen LogP contribution in [0.5, 0.6) is 5.75 Å². The monoisotopic (exact) mass is 266 g/mol. The third-order valence-electron chi connectivity index (χ3n) is 3.29. The molecule has 0 saturated heterocycles.